The molecule has 1 heterocycles. The molecule has 1 aliphatic carbocycles. The molecule has 0 aromatic heterocycles. The highest BCUT2D eigenvalue weighted by Gasteiger charge is 2.46. The van der Waals surface area contributed by atoms with Crippen LogP contribution in [0.5, 0.6) is 0 Å². The molecule has 1 saturated heterocycles. The highest BCUT2D eigenvalue weighted by molar-refractivity contribution is 4.98. The summed E-state index contributed by atoms with van der Waals surface area (Å²) in [6, 6.07) is 0.808. The van der Waals surface area contributed by atoms with Crippen LogP contribution in [0, 0.1) is 17.8 Å². The van der Waals surface area contributed by atoms with E-state index in [9.17, 15) is 0 Å². The Morgan fingerprint density at radius 2 is 1.64 bits per heavy atom. The predicted octanol–water partition coefficient (Wildman–Crippen LogP) is 1.98. The van der Waals surface area contributed by atoms with E-state index in [0.29, 0.717) is 0 Å². The van der Waals surface area contributed by atoms with Gasteiger partial charge in [-0.3, -0.25) is 4.90 Å². The van der Waals surface area contributed by atoms with Crippen molar-refractivity contribution >= 4 is 0 Å². The molecule has 1 saturated carbocycles. The lowest BCUT2D eigenvalue weighted by Crippen LogP contribution is -2.35. The number of piperidine rings is 1. The van der Waals surface area contributed by atoms with Crippen molar-refractivity contribution in [1.82, 2.24) is 4.90 Å². The van der Waals surface area contributed by atoms with Crippen LogP contribution in [0.25, 0.3) is 0 Å². The summed E-state index contributed by atoms with van der Waals surface area (Å²) in [5.41, 5.74) is 0. The highest BCUT2D eigenvalue weighted by Crippen LogP contribution is 2.45. The molecule has 1 nitrogen and oxygen atoms in total. The first-order chi connectivity index (χ1) is 5.18. The quantitative estimate of drug-likeness (QED) is 0.586. The topological polar surface area (TPSA) is 3.24 Å². The summed E-state index contributed by atoms with van der Waals surface area (Å²) in [5.74, 6) is 3.01. The molecule has 2 unspecified atom stereocenters. The molecule has 0 aromatic carbocycles. The van der Waals surface area contributed by atoms with Crippen molar-refractivity contribution in [1.29, 1.82) is 0 Å². The molecule has 1 heteroatoms. The van der Waals surface area contributed by atoms with Crippen LogP contribution in [0.4, 0.5) is 0 Å². The average molecular weight is 153 g/mol. The number of fused-ring (bicyclic) bond motifs is 1. The van der Waals surface area contributed by atoms with E-state index >= 15 is 0 Å². The van der Waals surface area contributed by atoms with Crippen molar-refractivity contribution < 1.29 is 0 Å². The molecule has 0 spiro atoms. The molecule has 2 fully saturated rings. The molecule has 3 atom stereocenters. The SMILES string of the molecule is CC(C)[C@@H](C)N1CC2CC2C1. The number of nitrogens with zero attached hydrogens (tertiary/aromatic N) is 1. The molecule has 0 bridgehead atoms. The second kappa shape index (κ2) is 2.48. The summed E-state index contributed by atoms with van der Waals surface area (Å²) in [4.78, 5) is 2.67. The number of rotatable bonds is 2. The fourth-order valence-corrected chi connectivity index (χ4v) is 2.19. The van der Waals surface area contributed by atoms with Crippen LogP contribution in [0.3, 0.4) is 0 Å². The molecular formula is C10H19N. The molecule has 0 aromatic rings. The highest BCUT2D eigenvalue weighted by atomic mass is 15.2. The van der Waals surface area contributed by atoms with Crippen LogP contribution in [0.1, 0.15) is 27.2 Å². The first-order valence-electron chi connectivity index (χ1n) is 4.92. The number of likely N-dealkylation sites (tertiary alicyclic amines) is 1. The van der Waals surface area contributed by atoms with E-state index < -0.39 is 0 Å². The third-order valence-electron chi connectivity index (χ3n) is 3.55. The Bertz CT molecular complexity index is 143. The molecule has 0 amide bonds. The zero-order chi connectivity index (χ0) is 8.01. The van der Waals surface area contributed by atoms with Gasteiger partial charge >= 0.3 is 0 Å². The van der Waals surface area contributed by atoms with Crippen molar-refractivity contribution in [2.45, 2.75) is 33.2 Å². The first-order valence-corrected chi connectivity index (χ1v) is 4.92. The Kier molecular flexibility index (Phi) is 1.71. The lowest BCUT2D eigenvalue weighted by atomic mass is 10.1. The molecule has 0 radical (unpaired) electrons. The normalized spacial score (nSPS) is 39.3. The fraction of sp³-hybridized carbons (Fsp3) is 1.00. The summed E-state index contributed by atoms with van der Waals surface area (Å²) in [5, 5.41) is 0. The maximum absolute atomic E-state index is 2.67. The van der Waals surface area contributed by atoms with Crippen LogP contribution < -0.4 is 0 Å². The third-order valence-corrected chi connectivity index (χ3v) is 3.55. The van der Waals surface area contributed by atoms with Crippen molar-refractivity contribution in [3.8, 4) is 0 Å². The van der Waals surface area contributed by atoms with E-state index in [1.54, 1.807) is 0 Å². The van der Waals surface area contributed by atoms with Gasteiger partial charge < -0.3 is 0 Å². The molecule has 0 N–H and O–H groups in total. The lowest BCUT2D eigenvalue weighted by Gasteiger charge is -2.28. The largest absolute Gasteiger partial charge is 0.300 e. The van der Waals surface area contributed by atoms with E-state index in [1.807, 2.05) is 0 Å². The van der Waals surface area contributed by atoms with Crippen molar-refractivity contribution in [2.24, 2.45) is 17.8 Å². The van der Waals surface area contributed by atoms with Gasteiger partial charge in [-0.15, -0.1) is 0 Å². The zero-order valence-electron chi connectivity index (χ0n) is 7.88. The minimum Gasteiger partial charge on any atom is -0.300 e. The Morgan fingerprint density at radius 3 is 2.09 bits per heavy atom. The lowest BCUT2D eigenvalue weighted by molar-refractivity contribution is 0.188. The molecule has 2 rings (SSSR count). The molecule has 11 heavy (non-hydrogen) atoms. The van der Waals surface area contributed by atoms with Gasteiger partial charge in [-0.1, -0.05) is 13.8 Å². The minimum atomic E-state index is 0.808. The van der Waals surface area contributed by atoms with Gasteiger partial charge in [0, 0.05) is 19.1 Å². The van der Waals surface area contributed by atoms with E-state index in [2.05, 4.69) is 25.7 Å². The first kappa shape index (κ1) is 7.60. The molecule has 2 aliphatic rings. The maximum atomic E-state index is 2.67. The predicted molar refractivity (Wildman–Crippen MR) is 47.5 cm³/mol. The van der Waals surface area contributed by atoms with Crippen LogP contribution in [-0.4, -0.2) is 24.0 Å². The summed E-state index contributed by atoms with van der Waals surface area (Å²) in [6.07, 6.45) is 1.53. The van der Waals surface area contributed by atoms with Crippen LogP contribution >= 0.6 is 0 Å². The van der Waals surface area contributed by atoms with Gasteiger partial charge in [0.2, 0.25) is 0 Å². The smallest absolute Gasteiger partial charge is 0.00901 e. The van der Waals surface area contributed by atoms with E-state index in [4.69, 9.17) is 0 Å². The van der Waals surface area contributed by atoms with Gasteiger partial charge in [0.25, 0.3) is 0 Å². The van der Waals surface area contributed by atoms with Crippen LogP contribution in [-0.2, 0) is 0 Å². The van der Waals surface area contributed by atoms with Crippen molar-refractivity contribution in [2.75, 3.05) is 13.1 Å². The Hall–Kier alpha value is -0.0400. The van der Waals surface area contributed by atoms with E-state index in [0.717, 1.165) is 23.8 Å². The molecular weight excluding hydrogens is 134 g/mol. The average Bonchev–Trinajstić information content (AvgIpc) is 2.57. The number of hydrogen-bond donors (Lipinski definition) is 0. The standard InChI is InChI=1S/C10H19N/c1-7(2)8(3)11-5-9-4-10(9)6-11/h7-10H,4-6H2,1-3H3/t8-,9?,10?/m1/s1. The van der Waals surface area contributed by atoms with Gasteiger partial charge in [-0.05, 0) is 31.1 Å². The van der Waals surface area contributed by atoms with Gasteiger partial charge in [0.15, 0.2) is 0 Å². The Morgan fingerprint density at radius 1 is 1.09 bits per heavy atom. The summed E-state index contributed by atoms with van der Waals surface area (Å²) in [6.45, 7) is 9.81. The second-order valence-corrected chi connectivity index (χ2v) is 4.69. The Labute approximate surface area is 69.8 Å². The van der Waals surface area contributed by atoms with Crippen molar-refractivity contribution in [3.05, 3.63) is 0 Å². The maximum Gasteiger partial charge on any atom is 0.00901 e. The van der Waals surface area contributed by atoms with Gasteiger partial charge in [-0.2, -0.15) is 0 Å². The van der Waals surface area contributed by atoms with Gasteiger partial charge in [0.05, 0.1) is 0 Å². The fourth-order valence-electron chi connectivity index (χ4n) is 2.19. The van der Waals surface area contributed by atoms with Crippen LogP contribution in [0.2, 0.25) is 0 Å². The Balaban J connectivity index is 1.86. The summed E-state index contributed by atoms with van der Waals surface area (Å²) in [7, 11) is 0. The van der Waals surface area contributed by atoms with Gasteiger partial charge in [0.1, 0.15) is 0 Å². The minimum absolute atomic E-state index is 0.808. The molecule has 1 aliphatic heterocycles. The third kappa shape index (κ3) is 1.31. The monoisotopic (exact) mass is 153 g/mol. The zero-order valence-corrected chi connectivity index (χ0v) is 7.88. The summed E-state index contributed by atoms with van der Waals surface area (Å²) >= 11 is 0. The van der Waals surface area contributed by atoms with Crippen LogP contribution in [0.15, 0.2) is 0 Å². The van der Waals surface area contributed by atoms with E-state index in [-0.39, 0.29) is 0 Å². The molecule has 64 valence electrons. The summed E-state index contributed by atoms with van der Waals surface area (Å²) < 4.78 is 0. The van der Waals surface area contributed by atoms with Crippen molar-refractivity contribution in [3.63, 3.8) is 0 Å². The van der Waals surface area contributed by atoms with Gasteiger partial charge in [-0.25, -0.2) is 0 Å². The second-order valence-electron chi connectivity index (χ2n) is 4.69. The van der Waals surface area contributed by atoms with E-state index in [1.165, 1.54) is 19.5 Å². The number of hydrogen-bond acceptors (Lipinski definition) is 1.